The molecule has 44 heavy (non-hydrogen) atoms. The number of para-hydroxylation sites is 1. The maximum Gasteiger partial charge on any atom is 0.264 e. The van der Waals surface area contributed by atoms with Crippen LogP contribution in [0.4, 0.5) is 5.69 Å². The quantitative estimate of drug-likeness (QED) is 0.199. The van der Waals surface area contributed by atoms with E-state index in [0.717, 1.165) is 9.87 Å². The van der Waals surface area contributed by atoms with Crippen molar-refractivity contribution < 1.29 is 22.7 Å². The third kappa shape index (κ3) is 8.61. The van der Waals surface area contributed by atoms with Gasteiger partial charge < -0.3 is 15.0 Å². The Labute approximate surface area is 264 Å². The van der Waals surface area contributed by atoms with Crippen LogP contribution in [0.25, 0.3) is 0 Å². The molecule has 0 unspecified atom stereocenters. The van der Waals surface area contributed by atoms with E-state index in [1.807, 2.05) is 51.1 Å². The van der Waals surface area contributed by atoms with Gasteiger partial charge >= 0.3 is 0 Å². The number of carbonyl (C=O) groups excluding carboxylic acids is 2. The third-order valence-electron chi connectivity index (χ3n) is 6.65. The molecule has 0 radical (unpaired) electrons. The summed E-state index contributed by atoms with van der Waals surface area (Å²) in [5, 5.41) is 3.45. The molecule has 10 heteroatoms. The monoisotopic (exact) mass is 633 g/mol. The number of sulfonamides is 1. The molecule has 0 aliphatic rings. The van der Waals surface area contributed by atoms with Gasteiger partial charge in [-0.2, -0.15) is 0 Å². The van der Waals surface area contributed by atoms with Gasteiger partial charge in [-0.3, -0.25) is 13.9 Å². The van der Waals surface area contributed by atoms with Crippen LogP contribution in [-0.4, -0.2) is 43.3 Å². The summed E-state index contributed by atoms with van der Waals surface area (Å²) in [6, 6.07) is 29.6. The van der Waals surface area contributed by atoms with Gasteiger partial charge in [-0.05, 0) is 93.9 Å². The van der Waals surface area contributed by atoms with Crippen LogP contribution < -0.4 is 14.4 Å². The zero-order chi connectivity index (χ0) is 31.9. The minimum absolute atomic E-state index is 0.0280. The lowest BCUT2D eigenvalue weighted by atomic mass is 10.1. The van der Waals surface area contributed by atoms with Crippen LogP contribution in [0.2, 0.25) is 5.02 Å². The van der Waals surface area contributed by atoms with Crippen molar-refractivity contribution in [2.24, 2.45) is 0 Å². The Balaban J connectivity index is 1.69. The molecule has 230 valence electrons. The lowest BCUT2D eigenvalue weighted by Gasteiger charge is -2.33. The molecular weight excluding hydrogens is 598 g/mol. The van der Waals surface area contributed by atoms with Crippen molar-refractivity contribution in [2.75, 3.05) is 10.8 Å². The van der Waals surface area contributed by atoms with Gasteiger partial charge in [-0.15, -0.1) is 0 Å². The van der Waals surface area contributed by atoms with E-state index in [0.29, 0.717) is 16.5 Å². The van der Waals surface area contributed by atoms with Crippen LogP contribution >= 0.6 is 11.6 Å². The van der Waals surface area contributed by atoms with Gasteiger partial charge in [-0.1, -0.05) is 60.1 Å². The van der Waals surface area contributed by atoms with Crippen LogP contribution in [-0.2, 0) is 26.2 Å². The predicted molar refractivity (Wildman–Crippen MR) is 173 cm³/mol. The molecule has 0 saturated heterocycles. The number of hydrogen-bond acceptors (Lipinski definition) is 5. The van der Waals surface area contributed by atoms with Gasteiger partial charge in [-0.25, -0.2) is 8.42 Å². The lowest BCUT2D eigenvalue weighted by Crippen LogP contribution is -2.54. The summed E-state index contributed by atoms with van der Waals surface area (Å²) >= 11 is 6.07. The number of ether oxygens (including phenoxy) is 1. The number of nitrogens with one attached hydrogen (secondary N) is 1. The highest BCUT2D eigenvalue weighted by Crippen LogP contribution is 2.28. The largest absolute Gasteiger partial charge is 0.457 e. The zero-order valence-electron chi connectivity index (χ0n) is 25.1. The topological polar surface area (TPSA) is 96.0 Å². The molecular formula is C34H36ClN3O5S. The standard InChI is InChI=1S/C34H36ClN3O5S/c1-25(33(40)36-34(2,3)4)37(23-26-15-17-27(35)18-16-26)32(39)24-38(44(41,42)31-13-9-6-10-14-31)28-19-21-30(22-20-28)43-29-11-7-5-8-12-29/h5-22,25H,23-24H2,1-4H3,(H,36,40)/t25-/m0/s1. The van der Waals surface area contributed by atoms with E-state index in [-0.39, 0.29) is 23.0 Å². The van der Waals surface area contributed by atoms with Crippen molar-refractivity contribution >= 4 is 39.1 Å². The molecule has 1 atom stereocenters. The van der Waals surface area contributed by atoms with E-state index in [9.17, 15) is 18.0 Å². The number of anilines is 1. The number of amides is 2. The van der Waals surface area contributed by atoms with Crippen molar-refractivity contribution in [1.82, 2.24) is 10.2 Å². The van der Waals surface area contributed by atoms with Crippen molar-refractivity contribution in [1.29, 1.82) is 0 Å². The van der Waals surface area contributed by atoms with E-state index < -0.39 is 34.1 Å². The SMILES string of the molecule is C[C@@H](C(=O)NC(C)(C)C)N(Cc1ccc(Cl)cc1)C(=O)CN(c1ccc(Oc2ccccc2)cc1)S(=O)(=O)c1ccccc1. The first kappa shape index (κ1) is 32.6. The molecule has 1 N–H and O–H groups in total. The number of carbonyl (C=O) groups is 2. The molecule has 8 nitrogen and oxygen atoms in total. The van der Waals surface area contributed by atoms with Gasteiger partial charge in [0.25, 0.3) is 10.0 Å². The molecule has 0 heterocycles. The number of nitrogens with zero attached hydrogens (tertiary/aromatic N) is 2. The fourth-order valence-electron chi connectivity index (χ4n) is 4.40. The fourth-order valence-corrected chi connectivity index (χ4v) is 5.96. The zero-order valence-corrected chi connectivity index (χ0v) is 26.7. The number of rotatable bonds is 11. The first-order valence-corrected chi connectivity index (χ1v) is 15.9. The average molecular weight is 634 g/mol. The van der Waals surface area contributed by atoms with Gasteiger partial charge in [0.05, 0.1) is 10.6 Å². The molecule has 0 spiro atoms. The summed E-state index contributed by atoms with van der Waals surface area (Å²) < 4.78 is 34.9. The maximum absolute atomic E-state index is 14.1. The minimum Gasteiger partial charge on any atom is -0.457 e. The number of benzene rings is 4. The molecule has 0 aromatic heterocycles. The van der Waals surface area contributed by atoms with Crippen LogP contribution in [0.5, 0.6) is 11.5 Å². The van der Waals surface area contributed by atoms with E-state index >= 15 is 0 Å². The normalized spacial score (nSPS) is 12.2. The summed E-state index contributed by atoms with van der Waals surface area (Å²) in [7, 11) is -4.18. The maximum atomic E-state index is 14.1. The fraction of sp³-hybridized carbons (Fsp3) is 0.235. The summed E-state index contributed by atoms with van der Waals surface area (Å²) in [6.07, 6.45) is 0. The summed E-state index contributed by atoms with van der Waals surface area (Å²) in [6.45, 7) is 6.70. The van der Waals surface area contributed by atoms with Crippen LogP contribution in [0, 0.1) is 0 Å². The lowest BCUT2D eigenvalue weighted by molar-refractivity contribution is -0.140. The Bertz CT molecular complexity index is 1660. The molecule has 2 amide bonds. The first-order chi connectivity index (χ1) is 20.8. The third-order valence-corrected chi connectivity index (χ3v) is 8.69. The second kappa shape index (κ2) is 14.0. The van der Waals surface area contributed by atoms with Crippen molar-refractivity contribution in [3.8, 4) is 11.5 Å². The van der Waals surface area contributed by atoms with E-state index in [1.54, 1.807) is 73.7 Å². The number of hydrogen-bond donors (Lipinski definition) is 1. The summed E-state index contributed by atoms with van der Waals surface area (Å²) in [4.78, 5) is 28.7. The highest BCUT2D eigenvalue weighted by atomic mass is 35.5. The van der Waals surface area contributed by atoms with E-state index in [1.165, 1.54) is 17.0 Å². The number of halogens is 1. The molecule has 0 fully saturated rings. The molecule has 4 aromatic carbocycles. The second-order valence-corrected chi connectivity index (χ2v) is 13.6. The highest BCUT2D eigenvalue weighted by Gasteiger charge is 2.33. The predicted octanol–water partition coefficient (Wildman–Crippen LogP) is 6.66. The molecule has 4 rings (SSSR count). The Hall–Kier alpha value is -4.34. The Morgan fingerprint density at radius 1 is 0.818 bits per heavy atom. The van der Waals surface area contributed by atoms with Gasteiger partial charge in [0.1, 0.15) is 24.1 Å². The first-order valence-electron chi connectivity index (χ1n) is 14.1. The Kier molecular flexibility index (Phi) is 10.3. The van der Waals surface area contributed by atoms with E-state index in [2.05, 4.69) is 5.32 Å². The molecule has 4 aromatic rings. The van der Waals surface area contributed by atoms with Crippen molar-refractivity contribution in [3.63, 3.8) is 0 Å². The summed E-state index contributed by atoms with van der Waals surface area (Å²) in [5.74, 6) is 0.213. The summed E-state index contributed by atoms with van der Waals surface area (Å²) in [5.41, 5.74) is 0.464. The van der Waals surface area contributed by atoms with Crippen molar-refractivity contribution in [2.45, 2.75) is 50.7 Å². The van der Waals surface area contributed by atoms with Gasteiger partial charge in [0, 0.05) is 17.1 Å². The Morgan fingerprint density at radius 2 is 1.36 bits per heavy atom. The van der Waals surface area contributed by atoms with Crippen molar-refractivity contribution in [3.05, 3.63) is 120 Å². The Morgan fingerprint density at radius 3 is 1.93 bits per heavy atom. The van der Waals surface area contributed by atoms with Gasteiger partial charge in [0.15, 0.2) is 0 Å². The minimum atomic E-state index is -4.18. The average Bonchev–Trinajstić information content (AvgIpc) is 2.99. The van der Waals surface area contributed by atoms with Crippen LogP contribution in [0.1, 0.15) is 33.3 Å². The highest BCUT2D eigenvalue weighted by molar-refractivity contribution is 7.92. The van der Waals surface area contributed by atoms with Crippen LogP contribution in [0.3, 0.4) is 0 Å². The van der Waals surface area contributed by atoms with Gasteiger partial charge in [0.2, 0.25) is 11.8 Å². The molecule has 0 aliphatic heterocycles. The molecule has 0 bridgehead atoms. The van der Waals surface area contributed by atoms with E-state index in [4.69, 9.17) is 16.3 Å². The smallest absolute Gasteiger partial charge is 0.264 e. The second-order valence-electron chi connectivity index (χ2n) is 11.3. The molecule has 0 saturated carbocycles. The van der Waals surface area contributed by atoms with Crippen LogP contribution in [0.15, 0.2) is 114 Å². The molecule has 0 aliphatic carbocycles.